The first-order chi connectivity index (χ1) is 11.6. The maximum Gasteiger partial charge on any atom is 0.391 e. The van der Waals surface area contributed by atoms with Crippen molar-refractivity contribution < 1.29 is 26.3 Å². The van der Waals surface area contributed by atoms with Gasteiger partial charge < -0.3 is 4.74 Å². The molecule has 0 radical (unpaired) electrons. The first kappa shape index (κ1) is 17.4. The number of nitrogens with zero attached hydrogens (tertiary/aromatic N) is 1. The summed E-state index contributed by atoms with van der Waals surface area (Å²) in [5.74, 6) is -0.935. The molecule has 10 heteroatoms. The molecule has 128 valence electrons. The minimum atomic E-state index is -5.01. The molecule has 1 heterocycles. The Morgan fingerprint density at radius 2 is 1.92 bits per heavy atom. The molecule has 1 N–H and O–H groups in total. The lowest BCUT2D eigenvalue weighted by Crippen LogP contribution is -2.30. The maximum atomic E-state index is 13.8. The number of benzene rings is 2. The fourth-order valence-corrected chi connectivity index (χ4v) is 4.43. The van der Waals surface area contributed by atoms with Crippen LogP contribution in [0.5, 0.6) is 11.5 Å². The van der Waals surface area contributed by atoms with Gasteiger partial charge in [-0.2, -0.15) is 14.0 Å². The van der Waals surface area contributed by atoms with Gasteiger partial charge >= 0.3 is 5.25 Å². The molecule has 25 heavy (non-hydrogen) atoms. The lowest BCUT2D eigenvalue weighted by atomic mass is 10.1. The molecule has 0 fully saturated rings. The van der Waals surface area contributed by atoms with Crippen molar-refractivity contribution >= 4 is 31.5 Å². The van der Waals surface area contributed by atoms with Crippen LogP contribution in [-0.2, 0) is 9.84 Å². The van der Waals surface area contributed by atoms with E-state index in [1.54, 1.807) is 6.07 Å². The van der Waals surface area contributed by atoms with Gasteiger partial charge in [0.05, 0.1) is 21.0 Å². The normalized spacial score (nSPS) is 17.0. The lowest BCUT2D eigenvalue weighted by molar-refractivity contribution is 0.172. The van der Waals surface area contributed by atoms with Crippen LogP contribution in [0.2, 0.25) is 0 Å². The quantitative estimate of drug-likeness (QED) is 0.779. The second-order valence-electron chi connectivity index (χ2n) is 5.04. The Labute approximate surface area is 148 Å². The summed E-state index contributed by atoms with van der Waals surface area (Å²) < 4.78 is 70.0. The van der Waals surface area contributed by atoms with Crippen molar-refractivity contribution in [3.05, 3.63) is 51.7 Å². The number of ether oxygens (including phenoxy) is 1. The fraction of sp³-hybridized carbons (Fsp3) is 0.0667. The minimum Gasteiger partial charge on any atom is -0.456 e. The van der Waals surface area contributed by atoms with Gasteiger partial charge in [0, 0.05) is 11.6 Å². The molecule has 0 unspecified atom stereocenters. The van der Waals surface area contributed by atoms with Gasteiger partial charge in [-0.1, -0.05) is 0 Å². The molecule has 0 spiro atoms. The highest BCUT2D eigenvalue weighted by atomic mass is 79.9. The van der Waals surface area contributed by atoms with Gasteiger partial charge in [0.25, 0.3) is 0 Å². The van der Waals surface area contributed by atoms with Gasteiger partial charge in [-0.15, -0.1) is 0 Å². The maximum absolute atomic E-state index is 13.8. The molecule has 1 aliphatic heterocycles. The van der Waals surface area contributed by atoms with Crippen LogP contribution in [0.15, 0.2) is 39.7 Å². The van der Waals surface area contributed by atoms with E-state index < -0.39 is 37.1 Å². The van der Waals surface area contributed by atoms with E-state index in [0.29, 0.717) is 0 Å². The van der Waals surface area contributed by atoms with Crippen LogP contribution in [0, 0.1) is 22.6 Å². The summed E-state index contributed by atoms with van der Waals surface area (Å²) in [6.07, 6.45) is 0. The molecular weight excluding hydrogens is 425 g/mol. The van der Waals surface area contributed by atoms with Crippen molar-refractivity contribution in [2.45, 2.75) is 10.2 Å². The van der Waals surface area contributed by atoms with Gasteiger partial charge in [-0.25, -0.2) is 12.8 Å². The van der Waals surface area contributed by atoms with Crippen LogP contribution < -0.4 is 4.74 Å². The van der Waals surface area contributed by atoms with Crippen LogP contribution in [0.3, 0.4) is 0 Å². The van der Waals surface area contributed by atoms with E-state index >= 15 is 0 Å². The van der Waals surface area contributed by atoms with E-state index in [1.165, 1.54) is 6.07 Å². The third kappa shape index (κ3) is 2.51. The van der Waals surface area contributed by atoms with Crippen molar-refractivity contribution in [2.75, 3.05) is 0 Å². The highest BCUT2D eigenvalue weighted by molar-refractivity contribution is 9.10. The lowest BCUT2D eigenvalue weighted by Gasteiger charge is -2.11. The number of nitrogens with one attached hydrogen (secondary N) is 1. The summed E-state index contributed by atoms with van der Waals surface area (Å²) in [6, 6.07) is 6.90. The molecule has 0 aliphatic carbocycles. The van der Waals surface area contributed by atoms with Crippen LogP contribution in [0.25, 0.3) is 0 Å². The van der Waals surface area contributed by atoms with E-state index in [9.17, 15) is 21.6 Å². The Hall–Kier alpha value is -2.38. The molecule has 2 aromatic carbocycles. The Balaban J connectivity index is 2.12. The zero-order valence-electron chi connectivity index (χ0n) is 12.0. The van der Waals surface area contributed by atoms with E-state index in [-0.39, 0.29) is 21.5 Å². The van der Waals surface area contributed by atoms with E-state index in [4.69, 9.17) is 15.4 Å². The highest BCUT2D eigenvalue weighted by Gasteiger charge is 2.59. The van der Waals surface area contributed by atoms with Crippen molar-refractivity contribution in [3.63, 3.8) is 0 Å². The summed E-state index contributed by atoms with van der Waals surface area (Å²) in [5.41, 5.74) is -1.91. The monoisotopic (exact) mass is 430 g/mol. The summed E-state index contributed by atoms with van der Waals surface area (Å²) in [7, 11) is -5.01. The standard InChI is InChI=1S/C15H6BrF3N2O3S/c16-13-10(24-9-4-7(6-20)3-8(17)5-9)1-2-11-12(13)14(21)15(18,19)25(11,22)23/h1-5,21H. The van der Waals surface area contributed by atoms with E-state index in [1.807, 2.05) is 0 Å². The average molecular weight is 431 g/mol. The smallest absolute Gasteiger partial charge is 0.391 e. The predicted octanol–water partition coefficient (Wildman–Crippen LogP) is 4.00. The highest BCUT2D eigenvalue weighted by Crippen LogP contribution is 2.47. The number of hydrogen-bond acceptors (Lipinski definition) is 5. The molecule has 0 saturated carbocycles. The topological polar surface area (TPSA) is 91.0 Å². The number of sulfone groups is 1. The molecule has 2 aromatic rings. The molecular formula is C15H6BrF3N2O3S. The first-order valence-corrected chi connectivity index (χ1v) is 8.80. The molecule has 0 aromatic heterocycles. The third-order valence-electron chi connectivity index (χ3n) is 3.46. The molecule has 0 atom stereocenters. The van der Waals surface area contributed by atoms with Crippen LogP contribution in [0.4, 0.5) is 13.2 Å². The zero-order valence-corrected chi connectivity index (χ0v) is 14.4. The van der Waals surface area contributed by atoms with Crippen LogP contribution in [0.1, 0.15) is 11.1 Å². The molecule has 0 bridgehead atoms. The number of halogens is 4. The van der Waals surface area contributed by atoms with Gasteiger partial charge in [0.1, 0.15) is 23.0 Å². The Morgan fingerprint density at radius 1 is 1.24 bits per heavy atom. The second-order valence-corrected chi connectivity index (χ2v) is 7.79. The number of fused-ring (bicyclic) bond motifs is 1. The summed E-state index contributed by atoms with van der Waals surface area (Å²) in [4.78, 5) is -0.696. The minimum absolute atomic E-state index is 0.0193. The number of nitriles is 1. The number of alkyl halides is 2. The summed E-state index contributed by atoms with van der Waals surface area (Å²) >= 11 is 2.97. The van der Waals surface area contributed by atoms with Gasteiger partial charge in [0.15, 0.2) is 0 Å². The third-order valence-corrected chi connectivity index (χ3v) is 6.05. The average Bonchev–Trinajstić information content (AvgIpc) is 2.67. The molecule has 1 aliphatic rings. The Bertz CT molecular complexity index is 1080. The fourth-order valence-electron chi connectivity index (χ4n) is 2.31. The summed E-state index contributed by atoms with van der Waals surface area (Å²) in [5, 5.41) is 12.0. The summed E-state index contributed by atoms with van der Waals surface area (Å²) in [6.45, 7) is 0. The van der Waals surface area contributed by atoms with Crippen molar-refractivity contribution in [1.29, 1.82) is 10.7 Å². The van der Waals surface area contributed by atoms with Crippen molar-refractivity contribution in [2.24, 2.45) is 0 Å². The Kier molecular flexibility index (Phi) is 3.89. The van der Waals surface area contributed by atoms with Crippen LogP contribution >= 0.6 is 15.9 Å². The predicted molar refractivity (Wildman–Crippen MR) is 84.3 cm³/mol. The molecule has 3 rings (SSSR count). The van der Waals surface area contributed by atoms with Crippen molar-refractivity contribution in [1.82, 2.24) is 0 Å². The second kappa shape index (κ2) is 5.57. The number of hydrogen-bond donors (Lipinski definition) is 1. The van der Waals surface area contributed by atoms with Gasteiger partial charge in [-0.3, -0.25) is 5.41 Å². The first-order valence-electron chi connectivity index (χ1n) is 6.52. The van der Waals surface area contributed by atoms with Crippen LogP contribution in [-0.4, -0.2) is 19.4 Å². The Morgan fingerprint density at radius 3 is 2.56 bits per heavy atom. The zero-order chi connectivity index (χ0) is 18.6. The molecule has 0 saturated heterocycles. The molecule has 0 amide bonds. The number of rotatable bonds is 2. The van der Waals surface area contributed by atoms with E-state index in [2.05, 4.69) is 15.9 Å². The van der Waals surface area contributed by atoms with Gasteiger partial charge in [-0.05, 0) is 40.2 Å². The SMILES string of the molecule is N#Cc1cc(F)cc(Oc2ccc3c(c2Br)C(=N)C(F)(F)S3(=O)=O)c1. The largest absolute Gasteiger partial charge is 0.456 e. The van der Waals surface area contributed by atoms with Crippen molar-refractivity contribution in [3.8, 4) is 17.6 Å². The van der Waals surface area contributed by atoms with E-state index in [0.717, 1.165) is 24.3 Å². The molecule has 5 nitrogen and oxygen atoms in total. The van der Waals surface area contributed by atoms with Gasteiger partial charge in [0.2, 0.25) is 9.84 Å².